The molecule has 0 nitrogen and oxygen atoms in total. The minimum Gasteiger partial charge on any atom is -0.0985 e. The predicted molar refractivity (Wildman–Crippen MR) is 91.5 cm³/mol. The van der Waals surface area contributed by atoms with Crippen LogP contribution in [0, 0.1) is 0 Å². The summed E-state index contributed by atoms with van der Waals surface area (Å²) in [5.41, 5.74) is 6.24. The molecule has 0 saturated heterocycles. The fraction of sp³-hybridized carbons (Fsp3) is 0.100. The van der Waals surface area contributed by atoms with Gasteiger partial charge in [-0.1, -0.05) is 80.4 Å². The molecular formula is C20H22. The van der Waals surface area contributed by atoms with Gasteiger partial charge in [0.2, 0.25) is 0 Å². The van der Waals surface area contributed by atoms with Gasteiger partial charge >= 0.3 is 0 Å². The van der Waals surface area contributed by atoms with Crippen LogP contribution in [0.1, 0.15) is 19.4 Å². The van der Waals surface area contributed by atoms with Crippen molar-refractivity contribution in [2.75, 3.05) is 0 Å². The number of hydrogen-bond donors (Lipinski definition) is 0. The van der Waals surface area contributed by atoms with E-state index in [1.807, 2.05) is 31.2 Å². The Morgan fingerprint density at radius 1 is 0.900 bits per heavy atom. The number of benzene rings is 1. The first-order valence-corrected chi connectivity index (χ1v) is 6.59. The van der Waals surface area contributed by atoms with Crippen molar-refractivity contribution in [1.82, 2.24) is 0 Å². The van der Waals surface area contributed by atoms with E-state index in [0.29, 0.717) is 0 Å². The summed E-state index contributed by atoms with van der Waals surface area (Å²) in [5, 5.41) is 0. The van der Waals surface area contributed by atoms with Crippen LogP contribution in [0.4, 0.5) is 0 Å². The van der Waals surface area contributed by atoms with Crippen LogP contribution in [0.3, 0.4) is 0 Å². The van der Waals surface area contributed by atoms with Gasteiger partial charge in [-0.05, 0) is 41.7 Å². The summed E-state index contributed by atoms with van der Waals surface area (Å²) in [7, 11) is 0. The van der Waals surface area contributed by atoms with Crippen LogP contribution in [-0.4, -0.2) is 0 Å². The summed E-state index contributed by atoms with van der Waals surface area (Å²) >= 11 is 0. The maximum absolute atomic E-state index is 4.06. The number of allylic oxidation sites excluding steroid dienone is 8. The van der Waals surface area contributed by atoms with Crippen molar-refractivity contribution in [2.45, 2.75) is 13.8 Å². The molecule has 0 aliphatic heterocycles. The molecule has 1 aromatic rings. The van der Waals surface area contributed by atoms with Gasteiger partial charge in [-0.3, -0.25) is 0 Å². The van der Waals surface area contributed by atoms with E-state index in [-0.39, 0.29) is 0 Å². The van der Waals surface area contributed by atoms with E-state index >= 15 is 0 Å². The maximum atomic E-state index is 4.06. The van der Waals surface area contributed by atoms with Crippen molar-refractivity contribution in [3.05, 3.63) is 103 Å². The van der Waals surface area contributed by atoms with Crippen LogP contribution in [0.2, 0.25) is 0 Å². The highest BCUT2D eigenvalue weighted by molar-refractivity contribution is 5.70. The number of rotatable bonds is 6. The van der Waals surface area contributed by atoms with Crippen molar-refractivity contribution < 1.29 is 0 Å². The second kappa shape index (κ2) is 7.30. The van der Waals surface area contributed by atoms with Gasteiger partial charge < -0.3 is 0 Å². The molecule has 0 aromatic heterocycles. The first kappa shape index (κ1) is 15.7. The Hall–Kier alpha value is -2.34. The quantitative estimate of drug-likeness (QED) is 0.561. The standard InChI is InChI=1S/C20H22/c1-7-16(5)19(8-2)20(15(3)4)14-17(6)18-12-10-9-11-13-18/h7-14H,1-3,5H2,4,6H3/b17-14+,20-19+. The summed E-state index contributed by atoms with van der Waals surface area (Å²) in [5.74, 6) is 0. The lowest BCUT2D eigenvalue weighted by Crippen LogP contribution is -1.92. The molecule has 0 fully saturated rings. The molecule has 102 valence electrons. The average molecular weight is 262 g/mol. The van der Waals surface area contributed by atoms with Crippen molar-refractivity contribution in [3.8, 4) is 0 Å². The summed E-state index contributed by atoms with van der Waals surface area (Å²) in [6.07, 6.45) is 5.68. The highest BCUT2D eigenvalue weighted by Gasteiger charge is 2.06. The highest BCUT2D eigenvalue weighted by Crippen LogP contribution is 2.25. The van der Waals surface area contributed by atoms with Crippen LogP contribution < -0.4 is 0 Å². The Kier molecular flexibility index (Phi) is 5.74. The molecule has 0 heterocycles. The fourth-order valence-electron chi connectivity index (χ4n) is 1.96. The van der Waals surface area contributed by atoms with Crippen molar-refractivity contribution >= 4 is 5.57 Å². The molecule has 0 aliphatic rings. The van der Waals surface area contributed by atoms with Crippen LogP contribution in [0.15, 0.2) is 97.2 Å². The van der Waals surface area contributed by atoms with E-state index in [1.54, 1.807) is 6.08 Å². The van der Waals surface area contributed by atoms with Gasteiger partial charge in [-0.2, -0.15) is 0 Å². The molecule has 0 bridgehead atoms. The topological polar surface area (TPSA) is 0 Å². The lowest BCUT2D eigenvalue weighted by atomic mass is 9.93. The number of hydrogen-bond acceptors (Lipinski definition) is 0. The highest BCUT2D eigenvalue weighted by atomic mass is 14.1. The zero-order valence-corrected chi connectivity index (χ0v) is 12.4. The second-order valence-corrected chi connectivity index (χ2v) is 4.73. The summed E-state index contributed by atoms with van der Waals surface area (Å²) < 4.78 is 0. The summed E-state index contributed by atoms with van der Waals surface area (Å²) in [6.45, 7) is 19.8. The monoisotopic (exact) mass is 262 g/mol. The Labute approximate surface area is 122 Å². The molecule has 20 heavy (non-hydrogen) atoms. The molecule has 0 radical (unpaired) electrons. The van der Waals surface area contributed by atoms with Gasteiger partial charge in [0.15, 0.2) is 0 Å². The van der Waals surface area contributed by atoms with Crippen LogP contribution >= 0.6 is 0 Å². The van der Waals surface area contributed by atoms with E-state index in [4.69, 9.17) is 0 Å². The smallest absolute Gasteiger partial charge is 0.0121 e. The maximum Gasteiger partial charge on any atom is -0.0121 e. The van der Waals surface area contributed by atoms with E-state index < -0.39 is 0 Å². The van der Waals surface area contributed by atoms with E-state index in [2.05, 4.69) is 51.4 Å². The average Bonchev–Trinajstić information content (AvgIpc) is 2.47. The SMILES string of the molecule is C=CC(=C)/C(C=C)=C(\C=C(/C)c1ccccc1)C(=C)C. The first-order chi connectivity index (χ1) is 9.51. The third-order valence-corrected chi connectivity index (χ3v) is 3.14. The van der Waals surface area contributed by atoms with E-state index in [0.717, 1.165) is 22.3 Å². The zero-order chi connectivity index (χ0) is 15.1. The van der Waals surface area contributed by atoms with Gasteiger partial charge in [-0.15, -0.1) is 0 Å². The predicted octanol–water partition coefficient (Wildman–Crippen LogP) is 5.89. The second-order valence-electron chi connectivity index (χ2n) is 4.73. The molecule has 0 amide bonds. The van der Waals surface area contributed by atoms with Crippen LogP contribution in [0.5, 0.6) is 0 Å². The molecule has 0 N–H and O–H groups in total. The molecule has 0 unspecified atom stereocenters. The lowest BCUT2D eigenvalue weighted by molar-refractivity contribution is 1.38. The van der Waals surface area contributed by atoms with Gasteiger partial charge in [-0.25, -0.2) is 0 Å². The van der Waals surface area contributed by atoms with E-state index in [1.165, 1.54) is 11.1 Å². The van der Waals surface area contributed by atoms with Crippen molar-refractivity contribution in [1.29, 1.82) is 0 Å². The minimum absolute atomic E-state index is 0.857. The first-order valence-electron chi connectivity index (χ1n) is 6.59. The molecule has 0 heteroatoms. The Bertz CT molecular complexity index is 592. The molecule has 0 saturated carbocycles. The van der Waals surface area contributed by atoms with Gasteiger partial charge in [0.05, 0.1) is 0 Å². The largest absolute Gasteiger partial charge is 0.0985 e. The third kappa shape index (κ3) is 3.83. The normalized spacial score (nSPS) is 12.4. The lowest BCUT2D eigenvalue weighted by Gasteiger charge is -2.11. The Morgan fingerprint density at radius 3 is 1.95 bits per heavy atom. The molecule has 0 aliphatic carbocycles. The molecular weight excluding hydrogens is 240 g/mol. The fourth-order valence-corrected chi connectivity index (χ4v) is 1.96. The van der Waals surface area contributed by atoms with Gasteiger partial charge in [0.25, 0.3) is 0 Å². The van der Waals surface area contributed by atoms with Crippen LogP contribution in [-0.2, 0) is 0 Å². The van der Waals surface area contributed by atoms with Crippen LogP contribution in [0.25, 0.3) is 5.57 Å². The van der Waals surface area contributed by atoms with Crippen molar-refractivity contribution in [3.63, 3.8) is 0 Å². The zero-order valence-electron chi connectivity index (χ0n) is 12.4. The van der Waals surface area contributed by atoms with Gasteiger partial charge in [0.1, 0.15) is 0 Å². The Morgan fingerprint density at radius 2 is 1.50 bits per heavy atom. The molecule has 0 atom stereocenters. The van der Waals surface area contributed by atoms with E-state index in [9.17, 15) is 0 Å². The minimum atomic E-state index is 0.857. The summed E-state index contributed by atoms with van der Waals surface area (Å²) in [6, 6.07) is 10.3. The van der Waals surface area contributed by atoms with Gasteiger partial charge in [0, 0.05) is 0 Å². The molecule has 1 aromatic carbocycles. The third-order valence-electron chi connectivity index (χ3n) is 3.14. The molecule has 1 rings (SSSR count). The molecule has 0 spiro atoms. The van der Waals surface area contributed by atoms with Crippen molar-refractivity contribution in [2.24, 2.45) is 0 Å². The Balaban J connectivity index is 3.39. The summed E-state index contributed by atoms with van der Waals surface area (Å²) in [4.78, 5) is 0.